The van der Waals surface area contributed by atoms with Gasteiger partial charge in [0.1, 0.15) is 0 Å². The minimum absolute atomic E-state index is 0.105. The molecule has 1 aliphatic carbocycles. The van der Waals surface area contributed by atoms with E-state index in [0.29, 0.717) is 5.92 Å². The summed E-state index contributed by atoms with van der Waals surface area (Å²) in [5.74, 6) is 3.39. The Morgan fingerprint density at radius 2 is 2.00 bits per heavy atom. The van der Waals surface area contributed by atoms with Crippen LogP contribution in [0.25, 0.3) is 0 Å². The Morgan fingerprint density at radius 3 is 2.41 bits per heavy atom. The summed E-state index contributed by atoms with van der Waals surface area (Å²) in [5.41, 5.74) is -0.140. The third kappa shape index (κ3) is 3.49. The third-order valence-electron chi connectivity index (χ3n) is 3.76. The number of hydrogen-bond acceptors (Lipinski definition) is 1. The number of terminal acetylenes is 1. The maximum atomic E-state index is 12.4. The van der Waals surface area contributed by atoms with Crippen molar-refractivity contribution in [1.82, 2.24) is 5.32 Å². The molecule has 0 spiro atoms. The minimum atomic E-state index is -0.140. The van der Waals surface area contributed by atoms with Crippen LogP contribution in [0.15, 0.2) is 0 Å². The highest BCUT2D eigenvalue weighted by Crippen LogP contribution is 2.43. The van der Waals surface area contributed by atoms with E-state index in [1.165, 1.54) is 12.8 Å². The zero-order valence-corrected chi connectivity index (χ0v) is 11.4. The number of amides is 1. The van der Waals surface area contributed by atoms with E-state index in [9.17, 15) is 4.79 Å². The van der Waals surface area contributed by atoms with E-state index in [1.54, 1.807) is 0 Å². The molecule has 2 nitrogen and oxygen atoms in total. The normalized spacial score (nSPS) is 19.9. The second kappa shape index (κ2) is 6.10. The van der Waals surface area contributed by atoms with E-state index in [0.717, 1.165) is 25.7 Å². The highest BCUT2D eigenvalue weighted by Gasteiger charge is 2.41. The Bertz CT molecular complexity index is 295. The van der Waals surface area contributed by atoms with Crippen LogP contribution in [-0.2, 0) is 4.79 Å². The quantitative estimate of drug-likeness (QED) is 0.729. The first-order valence-corrected chi connectivity index (χ1v) is 6.81. The Hall–Kier alpha value is -0.970. The smallest absolute Gasteiger partial charge is 0.227 e. The van der Waals surface area contributed by atoms with Crippen molar-refractivity contribution in [1.29, 1.82) is 0 Å². The maximum absolute atomic E-state index is 12.4. The van der Waals surface area contributed by atoms with Crippen molar-refractivity contribution in [3.8, 4) is 12.3 Å². The molecule has 0 saturated heterocycles. The van der Waals surface area contributed by atoms with Crippen molar-refractivity contribution in [3.05, 3.63) is 0 Å². The zero-order chi connectivity index (χ0) is 12.9. The average Bonchev–Trinajstić information content (AvgIpc) is 2.74. The maximum Gasteiger partial charge on any atom is 0.227 e. The largest absolute Gasteiger partial charge is 0.342 e. The monoisotopic (exact) mass is 235 g/mol. The summed E-state index contributed by atoms with van der Waals surface area (Å²) >= 11 is 0. The van der Waals surface area contributed by atoms with Crippen LogP contribution in [0.1, 0.15) is 59.3 Å². The van der Waals surface area contributed by atoms with Crippen LogP contribution in [0.3, 0.4) is 0 Å². The number of carbonyl (C=O) groups excluding carboxylic acids is 1. The molecule has 2 heteroatoms. The fraction of sp³-hybridized carbons (Fsp3) is 0.800. The van der Waals surface area contributed by atoms with Gasteiger partial charge in [-0.15, -0.1) is 6.42 Å². The van der Waals surface area contributed by atoms with Crippen LogP contribution in [0, 0.1) is 23.7 Å². The topological polar surface area (TPSA) is 29.1 Å². The summed E-state index contributed by atoms with van der Waals surface area (Å²) in [4.78, 5) is 12.4. The number of nitrogens with one attached hydrogen (secondary N) is 1. The van der Waals surface area contributed by atoms with Gasteiger partial charge in [-0.2, -0.15) is 0 Å². The number of rotatable bonds is 5. The lowest BCUT2D eigenvalue weighted by Gasteiger charge is -2.30. The molecule has 1 unspecified atom stereocenters. The molecule has 1 amide bonds. The molecular weight excluding hydrogens is 210 g/mol. The average molecular weight is 235 g/mol. The number of carbonyl (C=O) groups is 1. The summed E-state index contributed by atoms with van der Waals surface area (Å²) in [5, 5.41) is 3.03. The Morgan fingerprint density at radius 1 is 1.41 bits per heavy atom. The summed E-state index contributed by atoms with van der Waals surface area (Å²) in [6.07, 6.45) is 11.6. The fourth-order valence-electron chi connectivity index (χ4n) is 2.93. The van der Waals surface area contributed by atoms with Gasteiger partial charge in [-0.1, -0.05) is 39.5 Å². The molecule has 0 aromatic heterocycles. The molecule has 1 rings (SSSR count). The summed E-state index contributed by atoms with van der Waals surface area (Å²) < 4.78 is 0. The van der Waals surface area contributed by atoms with Gasteiger partial charge in [-0.3, -0.25) is 4.79 Å². The van der Waals surface area contributed by atoms with Gasteiger partial charge < -0.3 is 5.32 Å². The highest BCUT2D eigenvalue weighted by atomic mass is 16.2. The van der Waals surface area contributed by atoms with Gasteiger partial charge in [0.15, 0.2) is 0 Å². The van der Waals surface area contributed by atoms with Gasteiger partial charge >= 0.3 is 0 Å². The van der Waals surface area contributed by atoms with Crippen LogP contribution in [-0.4, -0.2) is 11.9 Å². The Balaban J connectivity index is 2.71. The second-order valence-corrected chi connectivity index (χ2v) is 5.69. The van der Waals surface area contributed by atoms with Gasteiger partial charge in [-0.05, 0) is 31.6 Å². The molecule has 17 heavy (non-hydrogen) atoms. The molecule has 1 N–H and O–H groups in total. The Labute approximate surface area is 106 Å². The molecule has 0 aliphatic heterocycles. The van der Waals surface area contributed by atoms with Crippen LogP contribution in [0.2, 0.25) is 0 Å². The molecule has 1 saturated carbocycles. The molecule has 0 aromatic rings. The lowest BCUT2D eigenvalue weighted by Crippen LogP contribution is -2.44. The molecule has 1 fully saturated rings. The third-order valence-corrected chi connectivity index (χ3v) is 3.76. The second-order valence-electron chi connectivity index (χ2n) is 5.69. The number of hydrogen-bond donors (Lipinski definition) is 1. The van der Waals surface area contributed by atoms with E-state index in [4.69, 9.17) is 6.42 Å². The van der Waals surface area contributed by atoms with Crippen molar-refractivity contribution >= 4 is 5.91 Å². The van der Waals surface area contributed by atoms with Gasteiger partial charge in [0.05, 0.1) is 6.04 Å². The first-order chi connectivity index (χ1) is 8.04. The van der Waals surface area contributed by atoms with Crippen molar-refractivity contribution in [2.45, 2.75) is 65.3 Å². The first-order valence-electron chi connectivity index (χ1n) is 6.81. The van der Waals surface area contributed by atoms with E-state index >= 15 is 0 Å². The minimum Gasteiger partial charge on any atom is -0.342 e. The highest BCUT2D eigenvalue weighted by molar-refractivity contribution is 5.83. The predicted molar refractivity (Wildman–Crippen MR) is 71.4 cm³/mol. The standard InChI is InChI=1S/C15H25NO/c1-5-13(6-2)16-14(17)15(11-12(3)4)9-7-8-10-15/h1,12-13H,6-11H2,2-4H3,(H,16,17). The van der Waals surface area contributed by atoms with Crippen molar-refractivity contribution in [2.75, 3.05) is 0 Å². The van der Waals surface area contributed by atoms with Gasteiger partial charge in [0.2, 0.25) is 5.91 Å². The van der Waals surface area contributed by atoms with E-state index < -0.39 is 0 Å². The fourth-order valence-corrected chi connectivity index (χ4v) is 2.93. The molecule has 96 valence electrons. The van der Waals surface area contributed by atoms with Gasteiger partial charge in [0, 0.05) is 5.41 Å². The molecule has 0 aromatic carbocycles. The van der Waals surface area contributed by atoms with Crippen molar-refractivity contribution in [3.63, 3.8) is 0 Å². The Kier molecular flexibility index (Phi) is 5.05. The molecule has 0 bridgehead atoms. The molecule has 1 atom stereocenters. The van der Waals surface area contributed by atoms with Crippen LogP contribution in [0.4, 0.5) is 0 Å². The van der Waals surface area contributed by atoms with Crippen molar-refractivity contribution in [2.24, 2.45) is 11.3 Å². The zero-order valence-electron chi connectivity index (χ0n) is 11.4. The van der Waals surface area contributed by atoms with Gasteiger partial charge in [0.25, 0.3) is 0 Å². The molecular formula is C15H25NO. The van der Waals surface area contributed by atoms with E-state index in [1.807, 2.05) is 6.92 Å². The van der Waals surface area contributed by atoms with Crippen LogP contribution < -0.4 is 5.32 Å². The van der Waals surface area contributed by atoms with Crippen LogP contribution >= 0.6 is 0 Å². The molecule has 1 aliphatic rings. The van der Waals surface area contributed by atoms with Crippen LogP contribution in [0.5, 0.6) is 0 Å². The van der Waals surface area contributed by atoms with Gasteiger partial charge in [-0.25, -0.2) is 0 Å². The van der Waals surface area contributed by atoms with Crippen molar-refractivity contribution < 1.29 is 4.79 Å². The summed E-state index contributed by atoms with van der Waals surface area (Å²) in [6, 6.07) is -0.105. The van der Waals surface area contributed by atoms with E-state index in [-0.39, 0.29) is 17.4 Å². The molecule has 0 radical (unpaired) electrons. The van der Waals surface area contributed by atoms with E-state index in [2.05, 4.69) is 25.1 Å². The lowest BCUT2D eigenvalue weighted by atomic mass is 9.77. The summed E-state index contributed by atoms with van der Waals surface area (Å²) in [7, 11) is 0. The predicted octanol–water partition coefficient (Wildman–Crippen LogP) is 3.12. The SMILES string of the molecule is C#CC(CC)NC(=O)C1(CC(C)C)CCCC1. The summed E-state index contributed by atoms with van der Waals surface area (Å²) in [6.45, 7) is 6.38. The first kappa shape index (κ1) is 14.1. The lowest BCUT2D eigenvalue weighted by molar-refractivity contribution is -0.132. The molecule has 0 heterocycles.